The van der Waals surface area contributed by atoms with Crippen molar-refractivity contribution in [3.63, 3.8) is 0 Å². The predicted octanol–water partition coefficient (Wildman–Crippen LogP) is 17.2. The summed E-state index contributed by atoms with van der Waals surface area (Å²) in [7, 11) is 0. The van der Waals surface area contributed by atoms with E-state index in [1.807, 2.05) is 18.2 Å². The average molecular weight is 1140 g/mol. The molecular formula is C69H114O12. The molecule has 0 aromatic carbocycles. The fourth-order valence-corrected chi connectivity index (χ4v) is 9.25. The van der Waals surface area contributed by atoms with Gasteiger partial charge in [0.15, 0.2) is 24.6 Å². The normalized spacial score (nSPS) is 18.4. The van der Waals surface area contributed by atoms with Gasteiger partial charge in [-0.1, -0.05) is 253 Å². The zero-order chi connectivity index (χ0) is 58.9. The van der Waals surface area contributed by atoms with Gasteiger partial charge in [-0.05, 0) is 89.9 Å². The van der Waals surface area contributed by atoms with E-state index < -0.39 is 67.3 Å². The van der Waals surface area contributed by atoms with Crippen LogP contribution in [-0.4, -0.2) is 89.2 Å². The van der Waals surface area contributed by atoms with Gasteiger partial charge in [0.1, 0.15) is 18.8 Å². The molecule has 0 bridgehead atoms. The van der Waals surface area contributed by atoms with Gasteiger partial charge >= 0.3 is 23.9 Å². The summed E-state index contributed by atoms with van der Waals surface area (Å²) in [5, 5.41) is 31.6. The van der Waals surface area contributed by atoms with Crippen molar-refractivity contribution in [3.05, 3.63) is 97.2 Å². The molecule has 0 aromatic heterocycles. The molecule has 1 heterocycles. The molecule has 462 valence electrons. The molecule has 6 atom stereocenters. The van der Waals surface area contributed by atoms with Crippen LogP contribution in [0.15, 0.2) is 97.2 Å². The SMILES string of the molecule is CC/C=C\C/C=C\C/C=C\C/C=C\C/C=C\C/C=C\CCC(=O)OC1C(OCC(COC(=O)CCCCCCCCC/C=C\C/C=C\CCCCC)OC(=O)CCCCCCCCCCCCCCCCC)OC(C(=O)O)C(O)C1O. The lowest BCUT2D eigenvalue weighted by Crippen LogP contribution is -2.61. The number of esters is 3. The summed E-state index contributed by atoms with van der Waals surface area (Å²) in [6.07, 6.45) is 62.3. The molecule has 6 unspecified atom stereocenters. The minimum absolute atomic E-state index is 0.0678. The molecule has 3 N–H and O–H groups in total. The average Bonchev–Trinajstić information content (AvgIpc) is 3.54. The molecule has 12 heteroatoms. The highest BCUT2D eigenvalue weighted by Gasteiger charge is 2.50. The monoisotopic (exact) mass is 1130 g/mol. The van der Waals surface area contributed by atoms with Crippen LogP contribution in [0.4, 0.5) is 0 Å². The van der Waals surface area contributed by atoms with Gasteiger partial charge in [-0.15, -0.1) is 0 Å². The largest absolute Gasteiger partial charge is 0.479 e. The first-order chi connectivity index (χ1) is 39.6. The highest BCUT2D eigenvalue weighted by Crippen LogP contribution is 2.26. The smallest absolute Gasteiger partial charge is 0.335 e. The van der Waals surface area contributed by atoms with Gasteiger partial charge in [0.2, 0.25) is 0 Å². The van der Waals surface area contributed by atoms with Crippen LogP contribution in [-0.2, 0) is 42.9 Å². The fourth-order valence-electron chi connectivity index (χ4n) is 9.25. The van der Waals surface area contributed by atoms with E-state index in [2.05, 4.69) is 99.8 Å². The summed E-state index contributed by atoms with van der Waals surface area (Å²) < 4.78 is 28.4. The first-order valence-electron chi connectivity index (χ1n) is 32.2. The van der Waals surface area contributed by atoms with Gasteiger partial charge in [0, 0.05) is 19.3 Å². The number of rotatable bonds is 54. The van der Waals surface area contributed by atoms with E-state index in [0.29, 0.717) is 25.7 Å². The highest BCUT2D eigenvalue weighted by atomic mass is 16.7. The number of aliphatic carboxylic acids is 1. The van der Waals surface area contributed by atoms with Gasteiger partial charge in [0.25, 0.3) is 0 Å². The number of allylic oxidation sites excluding steroid dienone is 16. The second-order valence-electron chi connectivity index (χ2n) is 21.7. The third kappa shape index (κ3) is 45.8. The van der Waals surface area contributed by atoms with Crippen molar-refractivity contribution in [3.8, 4) is 0 Å². The molecule has 1 fully saturated rings. The van der Waals surface area contributed by atoms with Crippen LogP contribution >= 0.6 is 0 Å². The predicted molar refractivity (Wildman–Crippen MR) is 331 cm³/mol. The third-order valence-electron chi connectivity index (χ3n) is 14.2. The number of hydrogen-bond donors (Lipinski definition) is 3. The Labute approximate surface area is 492 Å². The molecule has 1 aliphatic heterocycles. The molecule has 1 rings (SSSR count). The minimum Gasteiger partial charge on any atom is -0.479 e. The maximum Gasteiger partial charge on any atom is 0.335 e. The van der Waals surface area contributed by atoms with Crippen molar-refractivity contribution >= 4 is 23.9 Å². The van der Waals surface area contributed by atoms with E-state index in [4.69, 9.17) is 23.7 Å². The standard InChI is InChI=1S/C69H114O12/c1-4-7-10-13-16-19-22-25-28-30-31-33-36-39-42-45-48-51-54-57-63(72)80-67-65(74)64(73)66(68(75)76)81-69(67)78-59-60(79-62(71)56-53-50-47-44-41-38-34-27-24-21-18-15-12-9-6-3)58-77-61(70)55-52-49-46-43-40-37-35-32-29-26-23-20-17-14-11-8-5-2/h7,10,16-17,19-20,25-26,28-29,31,33,39,42,48,51,60,64-67,69,73-74H,4-6,8-9,11-15,18,21-24,27,30,32,34-38,40-41,43-47,49-50,52-59H2,1-3H3,(H,75,76)/b10-7-,19-16-,20-17-,28-25-,29-26-,33-31-,42-39-,51-48-. The number of carboxylic acid groups (broad SMARTS) is 1. The lowest BCUT2D eigenvalue weighted by atomic mass is 9.98. The van der Waals surface area contributed by atoms with Crippen molar-refractivity contribution in [2.75, 3.05) is 13.2 Å². The van der Waals surface area contributed by atoms with Crippen LogP contribution in [0.25, 0.3) is 0 Å². The number of aliphatic hydroxyl groups excluding tert-OH is 2. The summed E-state index contributed by atoms with van der Waals surface area (Å²) in [6.45, 7) is 5.84. The molecule has 0 aromatic rings. The lowest BCUT2D eigenvalue weighted by molar-refractivity contribution is -0.301. The summed E-state index contributed by atoms with van der Waals surface area (Å²) in [5.74, 6) is -3.23. The zero-order valence-electron chi connectivity index (χ0n) is 51.0. The minimum atomic E-state index is -1.93. The molecule has 0 radical (unpaired) electrons. The molecule has 1 aliphatic rings. The van der Waals surface area contributed by atoms with Crippen molar-refractivity contribution < 1.29 is 58.2 Å². The Morgan fingerprint density at radius 1 is 0.420 bits per heavy atom. The second kappa shape index (κ2) is 56.1. The fraction of sp³-hybridized carbons (Fsp3) is 0.710. The summed E-state index contributed by atoms with van der Waals surface area (Å²) >= 11 is 0. The van der Waals surface area contributed by atoms with Crippen molar-refractivity contribution in [1.29, 1.82) is 0 Å². The number of carboxylic acids is 1. The third-order valence-corrected chi connectivity index (χ3v) is 14.2. The Morgan fingerprint density at radius 2 is 0.802 bits per heavy atom. The van der Waals surface area contributed by atoms with E-state index in [-0.39, 0.29) is 25.9 Å². The van der Waals surface area contributed by atoms with Crippen molar-refractivity contribution in [1.82, 2.24) is 0 Å². The van der Waals surface area contributed by atoms with Gasteiger partial charge < -0.3 is 39.0 Å². The number of carbonyl (C=O) groups excluding carboxylic acids is 3. The molecule has 0 spiro atoms. The summed E-state index contributed by atoms with van der Waals surface area (Å²) in [4.78, 5) is 51.3. The van der Waals surface area contributed by atoms with Crippen LogP contribution < -0.4 is 0 Å². The zero-order valence-corrected chi connectivity index (χ0v) is 51.0. The first-order valence-corrected chi connectivity index (χ1v) is 32.2. The molecular weight excluding hydrogens is 1020 g/mol. The second-order valence-corrected chi connectivity index (χ2v) is 21.7. The van der Waals surface area contributed by atoms with Crippen LogP contribution in [0.1, 0.15) is 265 Å². The Morgan fingerprint density at radius 3 is 1.26 bits per heavy atom. The number of ether oxygens (including phenoxy) is 5. The van der Waals surface area contributed by atoms with Crippen LogP contribution in [0.3, 0.4) is 0 Å². The van der Waals surface area contributed by atoms with E-state index >= 15 is 0 Å². The topological polar surface area (TPSA) is 175 Å². The molecule has 12 nitrogen and oxygen atoms in total. The Balaban J connectivity index is 2.71. The lowest BCUT2D eigenvalue weighted by Gasteiger charge is -2.40. The van der Waals surface area contributed by atoms with Gasteiger partial charge in [0.05, 0.1) is 6.61 Å². The van der Waals surface area contributed by atoms with Gasteiger partial charge in [-0.2, -0.15) is 0 Å². The summed E-state index contributed by atoms with van der Waals surface area (Å²) in [5.41, 5.74) is 0. The van der Waals surface area contributed by atoms with Crippen molar-refractivity contribution in [2.24, 2.45) is 0 Å². The molecule has 81 heavy (non-hydrogen) atoms. The first kappa shape index (κ1) is 74.7. The number of carbonyl (C=O) groups is 4. The maximum absolute atomic E-state index is 13.2. The summed E-state index contributed by atoms with van der Waals surface area (Å²) in [6, 6.07) is 0. The van der Waals surface area contributed by atoms with Crippen LogP contribution in [0.5, 0.6) is 0 Å². The van der Waals surface area contributed by atoms with Gasteiger partial charge in [-0.3, -0.25) is 14.4 Å². The van der Waals surface area contributed by atoms with E-state index in [9.17, 15) is 34.5 Å². The molecule has 0 amide bonds. The maximum atomic E-state index is 13.2. The quantitative estimate of drug-likeness (QED) is 0.0228. The van der Waals surface area contributed by atoms with Crippen molar-refractivity contribution in [2.45, 2.75) is 302 Å². The van der Waals surface area contributed by atoms with Gasteiger partial charge in [-0.25, -0.2) is 4.79 Å². The molecule has 1 saturated heterocycles. The van der Waals surface area contributed by atoms with E-state index in [1.165, 1.54) is 109 Å². The Kier molecular flexibility index (Phi) is 51.7. The number of hydrogen-bond acceptors (Lipinski definition) is 11. The molecule has 0 saturated carbocycles. The van der Waals surface area contributed by atoms with E-state index in [0.717, 1.165) is 89.9 Å². The highest BCUT2D eigenvalue weighted by molar-refractivity contribution is 5.74. The van der Waals surface area contributed by atoms with Crippen LogP contribution in [0, 0.1) is 0 Å². The molecule has 0 aliphatic carbocycles. The van der Waals surface area contributed by atoms with Crippen LogP contribution in [0.2, 0.25) is 0 Å². The number of unbranched alkanes of at least 4 members (excludes halogenated alkanes) is 24. The Bertz CT molecular complexity index is 1780. The van der Waals surface area contributed by atoms with E-state index in [1.54, 1.807) is 0 Å². The Hall–Kier alpha value is -4.36. The number of aliphatic hydroxyl groups is 2.